The highest BCUT2D eigenvalue weighted by atomic mass is 16.2. The van der Waals surface area contributed by atoms with Crippen molar-refractivity contribution in [2.75, 3.05) is 13.1 Å². The molecule has 1 aromatic rings. The number of fused-ring (bicyclic) bond motifs is 1. The number of carbonyl (C=O) groups is 3. The van der Waals surface area contributed by atoms with Crippen LogP contribution in [0.3, 0.4) is 0 Å². The van der Waals surface area contributed by atoms with Crippen LogP contribution in [-0.4, -0.2) is 35.7 Å². The van der Waals surface area contributed by atoms with E-state index < -0.39 is 0 Å². The monoisotopic (exact) mass is 316 g/mol. The number of imide groups is 1. The lowest BCUT2D eigenvalue weighted by Gasteiger charge is -2.18. The van der Waals surface area contributed by atoms with Crippen LogP contribution in [0.5, 0.6) is 0 Å². The molecule has 5 heteroatoms. The highest BCUT2D eigenvalue weighted by molar-refractivity contribution is 6.21. The molecule has 1 N–H and O–H groups in total. The third kappa shape index (κ3) is 4.41. The first-order chi connectivity index (χ1) is 10.8. The predicted octanol–water partition coefficient (Wildman–Crippen LogP) is 2.62. The van der Waals surface area contributed by atoms with Crippen molar-refractivity contribution >= 4 is 17.7 Å². The molecule has 2 rings (SSSR count). The Morgan fingerprint density at radius 3 is 2.17 bits per heavy atom. The van der Waals surface area contributed by atoms with E-state index in [1.807, 2.05) is 0 Å². The predicted molar refractivity (Wildman–Crippen MR) is 88.1 cm³/mol. The molecule has 0 aromatic heterocycles. The zero-order chi connectivity index (χ0) is 17.0. The Labute approximate surface area is 137 Å². The Balaban J connectivity index is 1.78. The molecule has 0 saturated heterocycles. The molecule has 23 heavy (non-hydrogen) atoms. The summed E-state index contributed by atoms with van der Waals surface area (Å²) in [5.74, 6) is -0.757. The first kappa shape index (κ1) is 17.2. The Hall–Kier alpha value is -2.17. The smallest absolute Gasteiger partial charge is 0.261 e. The molecule has 0 atom stereocenters. The van der Waals surface area contributed by atoms with Crippen molar-refractivity contribution in [1.82, 2.24) is 10.2 Å². The van der Waals surface area contributed by atoms with Crippen LogP contribution in [0.1, 0.15) is 60.7 Å². The topological polar surface area (TPSA) is 66.5 Å². The van der Waals surface area contributed by atoms with E-state index >= 15 is 0 Å². The normalized spacial score (nSPS) is 14.1. The number of rotatable bonds is 6. The lowest BCUT2D eigenvalue weighted by Crippen LogP contribution is -2.34. The van der Waals surface area contributed by atoms with Crippen molar-refractivity contribution in [1.29, 1.82) is 0 Å². The Morgan fingerprint density at radius 1 is 1.09 bits per heavy atom. The van der Waals surface area contributed by atoms with Crippen molar-refractivity contribution in [3.05, 3.63) is 35.4 Å². The third-order valence-corrected chi connectivity index (χ3v) is 3.87. The van der Waals surface area contributed by atoms with E-state index in [-0.39, 0.29) is 36.1 Å². The maximum Gasteiger partial charge on any atom is 0.261 e. The van der Waals surface area contributed by atoms with E-state index in [0.717, 1.165) is 17.7 Å². The minimum Gasteiger partial charge on any atom is -0.356 e. The van der Waals surface area contributed by atoms with Gasteiger partial charge in [-0.15, -0.1) is 0 Å². The van der Waals surface area contributed by atoms with Crippen molar-refractivity contribution in [2.45, 2.75) is 40.0 Å². The standard InChI is InChI=1S/C18H24N2O3/c1-18(2,3)10-6-11-19-15(21)9-12-20-16(22)13-7-4-5-8-14(13)17(20)23/h4-5,7-8H,6,9-12H2,1-3H3,(H,19,21). The van der Waals surface area contributed by atoms with Crippen molar-refractivity contribution in [3.8, 4) is 0 Å². The molecule has 0 radical (unpaired) electrons. The van der Waals surface area contributed by atoms with Crippen LogP contribution in [-0.2, 0) is 4.79 Å². The molecule has 0 aliphatic carbocycles. The van der Waals surface area contributed by atoms with Gasteiger partial charge in [0.25, 0.3) is 11.8 Å². The summed E-state index contributed by atoms with van der Waals surface area (Å²) in [6.07, 6.45) is 2.09. The number of benzene rings is 1. The maximum atomic E-state index is 12.2. The molecule has 0 spiro atoms. The van der Waals surface area contributed by atoms with Gasteiger partial charge in [0.1, 0.15) is 0 Å². The summed E-state index contributed by atoms with van der Waals surface area (Å²) in [6, 6.07) is 6.75. The number of nitrogens with one attached hydrogen (secondary N) is 1. The molecular weight excluding hydrogens is 292 g/mol. The largest absolute Gasteiger partial charge is 0.356 e. The number of amides is 3. The Bertz CT molecular complexity index is 582. The van der Waals surface area contributed by atoms with Gasteiger partial charge in [-0.3, -0.25) is 19.3 Å². The molecule has 0 fully saturated rings. The summed E-state index contributed by atoms with van der Waals surface area (Å²) in [4.78, 5) is 37.3. The Kier molecular flexibility index (Phi) is 5.19. The van der Waals surface area contributed by atoms with Gasteiger partial charge in [0.05, 0.1) is 11.1 Å². The molecule has 1 heterocycles. The summed E-state index contributed by atoms with van der Waals surface area (Å²) in [6.45, 7) is 7.24. The van der Waals surface area contributed by atoms with Gasteiger partial charge >= 0.3 is 0 Å². The SMILES string of the molecule is CC(C)(C)CCCNC(=O)CCN1C(=O)c2ccccc2C1=O. The molecule has 0 bridgehead atoms. The van der Waals surface area contributed by atoms with E-state index in [0.29, 0.717) is 17.7 Å². The van der Waals surface area contributed by atoms with Crippen molar-refractivity contribution in [2.24, 2.45) is 5.41 Å². The van der Waals surface area contributed by atoms with E-state index in [1.54, 1.807) is 24.3 Å². The molecule has 3 amide bonds. The van der Waals surface area contributed by atoms with Gasteiger partial charge in [0.2, 0.25) is 5.91 Å². The van der Waals surface area contributed by atoms with E-state index in [4.69, 9.17) is 0 Å². The maximum absolute atomic E-state index is 12.2. The first-order valence-corrected chi connectivity index (χ1v) is 8.01. The number of hydrogen-bond donors (Lipinski definition) is 1. The second-order valence-corrected chi connectivity index (χ2v) is 7.07. The van der Waals surface area contributed by atoms with Crippen LogP contribution in [0.4, 0.5) is 0 Å². The molecule has 1 aliphatic heterocycles. The quantitative estimate of drug-likeness (QED) is 0.648. The lowest BCUT2D eigenvalue weighted by molar-refractivity contribution is -0.121. The lowest BCUT2D eigenvalue weighted by atomic mass is 9.91. The summed E-state index contributed by atoms with van der Waals surface area (Å²) in [5, 5.41) is 2.84. The fraction of sp³-hybridized carbons (Fsp3) is 0.500. The van der Waals surface area contributed by atoms with Crippen LogP contribution in [0, 0.1) is 5.41 Å². The van der Waals surface area contributed by atoms with Crippen LogP contribution in [0.15, 0.2) is 24.3 Å². The second kappa shape index (κ2) is 6.94. The third-order valence-electron chi connectivity index (χ3n) is 3.87. The van der Waals surface area contributed by atoms with Crippen molar-refractivity contribution < 1.29 is 14.4 Å². The molecule has 1 aliphatic rings. The van der Waals surface area contributed by atoms with Crippen LogP contribution >= 0.6 is 0 Å². The van der Waals surface area contributed by atoms with Gasteiger partial charge < -0.3 is 5.32 Å². The van der Waals surface area contributed by atoms with Gasteiger partial charge in [-0.1, -0.05) is 32.9 Å². The van der Waals surface area contributed by atoms with Crippen LogP contribution < -0.4 is 5.32 Å². The number of carbonyl (C=O) groups excluding carboxylic acids is 3. The molecule has 0 saturated carbocycles. The average Bonchev–Trinajstić information content (AvgIpc) is 2.73. The summed E-state index contributed by atoms with van der Waals surface area (Å²) in [7, 11) is 0. The zero-order valence-corrected chi connectivity index (χ0v) is 14.0. The van der Waals surface area contributed by atoms with Gasteiger partial charge in [-0.2, -0.15) is 0 Å². The van der Waals surface area contributed by atoms with Gasteiger partial charge in [0.15, 0.2) is 0 Å². The highest BCUT2D eigenvalue weighted by Gasteiger charge is 2.34. The Morgan fingerprint density at radius 2 is 1.65 bits per heavy atom. The first-order valence-electron chi connectivity index (χ1n) is 8.01. The minimum atomic E-state index is -0.314. The molecule has 124 valence electrons. The summed E-state index contributed by atoms with van der Waals surface area (Å²) in [5.41, 5.74) is 1.09. The number of nitrogens with zero attached hydrogens (tertiary/aromatic N) is 1. The van der Waals surface area contributed by atoms with Crippen molar-refractivity contribution in [3.63, 3.8) is 0 Å². The van der Waals surface area contributed by atoms with Crippen LogP contribution in [0.2, 0.25) is 0 Å². The van der Waals surface area contributed by atoms with Gasteiger partial charge in [-0.25, -0.2) is 0 Å². The van der Waals surface area contributed by atoms with E-state index in [1.165, 1.54) is 0 Å². The molecular formula is C18H24N2O3. The minimum absolute atomic E-state index is 0.122. The summed E-state index contributed by atoms with van der Waals surface area (Å²) < 4.78 is 0. The molecule has 5 nitrogen and oxygen atoms in total. The molecule has 1 aromatic carbocycles. The highest BCUT2D eigenvalue weighted by Crippen LogP contribution is 2.22. The fourth-order valence-corrected chi connectivity index (χ4v) is 2.59. The van der Waals surface area contributed by atoms with E-state index in [9.17, 15) is 14.4 Å². The van der Waals surface area contributed by atoms with Crippen LogP contribution in [0.25, 0.3) is 0 Å². The average molecular weight is 316 g/mol. The summed E-state index contributed by atoms with van der Waals surface area (Å²) >= 11 is 0. The van der Waals surface area contributed by atoms with E-state index in [2.05, 4.69) is 26.1 Å². The molecule has 0 unspecified atom stereocenters. The number of hydrogen-bond acceptors (Lipinski definition) is 3. The second-order valence-electron chi connectivity index (χ2n) is 7.07. The van der Waals surface area contributed by atoms with Gasteiger partial charge in [-0.05, 0) is 30.4 Å². The fourth-order valence-electron chi connectivity index (χ4n) is 2.59. The van der Waals surface area contributed by atoms with Gasteiger partial charge in [0, 0.05) is 19.5 Å². The zero-order valence-electron chi connectivity index (χ0n) is 14.0.